The number of hydrogen-bond donors (Lipinski definition) is 3. The number of aromatic nitrogens is 1. The number of anilines is 2. The van der Waals surface area contributed by atoms with Crippen molar-refractivity contribution in [2.45, 2.75) is 38.5 Å². The van der Waals surface area contributed by atoms with Crippen LogP contribution >= 0.6 is 21.6 Å². The van der Waals surface area contributed by atoms with E-state index in [1.807, 2.05) is 29.1 Å². The zero-order valence-corrected chi connectivity index (χ0v) is 31.7. The van der Waals surface area contributed by atoms with Crippen LogP contribution in [0.25, 0.3) is 18.2 Å². The van der Waals surface area contributed by atoms with Crippen molar-refractivity contribution >= 4 is 63.3 Å². The molecular weight excluding hydrogens is 685 g/mol. The van der Waals surface area contributed by atoms with Crippen molar-refractivity contribution in [1.82, 2.24) is 10.6 Å². The normalized spacial score (nSPS) is 15.8. The highest BCUT2D eigenvalue weighted by Crippen LogP contribution is 2.23. The average molecular weight is 738 g/mol. The third-order valence-corrected chi connectivity index (χ3v) is 11.4. The molecule has 1 atom stereocenters. The lowest BCUT2D eigenvalue weighted by Crippen LogP contribution is -2.45. The van der Waals surface area contributed by atoms with E-state index in [4.69, 9.17) is 0 Å². The van der Waals surface area contributed by atoms with Crippen LogP contribution in [0.3, 0.4) is 0 Å². The van der Waals surface area contributed by atoms with Gasteiger partial charge in [0, 0.05) is 80.5 Å². The molecule has 3 aromatic rings. The molecule has 274 valence electrons. The molecule has 0 bridgehead atoms. The monoisotopic (exact) mass is 737 g/mol. The van der Waals surface area contributed by atoms with Crippen LogP contribution in [0.4, 0.5) is 11.4 Å². The molecule has 2 fully saturated rings. The number of carbonyl (C=O) groups excluding carboxylic acids is 1. The minimum Gasteiger partial charge on any atom is -0.372 e. The number of nitrogens with zero attached hydrogens (tertiary/aromatic N) is 4. The Morgan fingerprint density at radius 3 is 1.92 bits per heavy atom. The van der Waals surface area contributed by atoms with Crippen LogP contribution in [-0.2, 0) is 11.3 Å². The molecular formula is C42H53N6O2S2+. The smallest absolute Gasteiger partial charge is 0.241 e. The van der Waals surface area contributed by atoms with E-state index in [1.165, 1.54) is 42.6 Å². The molecule has 2 aliphatic rings. The van der Waals surface area contributed by atoms with E-state index < -0.39 is 6.23 Å². The largest absolute Gasteiger partial charge is 0.372 e. The van der Waals surface area contributed by atoms with Crippen molar-refractivity contribution in [1.29, 1.82) is 0 Å². The number of aliphatic imine (C=N–C) groups is 1. The third kappa shape index (κ3) is 13.8. The first-order valence-electron chi connectivity index (χ1n) is 18.4. The van der Waals surface area contributed by atoms with Crippen LogP contribution in [0, 0.1) is 0 Å². The van der Waals surface area contributed by atoms with E-state index in [-0.39, 0.29) is 12.5 Å². The number of nitrogens with one attached hydrogen (secondary N) is 2. The molecule has 1 aromatic heterocycles. The fourth-order valence-electron chi connectivity index (χ4n) is 6.03. The van der Waals surface area contributed by atoms with Crippen molar-refractivity contribution in [2.75, 3.05) is 67.1 Å². The van der Waals surface area contributed by atoms with Crippen LogP contribution in [0.15, 0.2) is 108 Å². The van der Waals surface area contributed by atoms with E-state index in [9.17, 15) is 9.90 Å². The van der Waals surface area contributed by atoms with Crippen molar-refractivity contribution in [3.8, 4) is 0 Å². The summed E-state index contributed by atoms with van der Waals surface area (Å²) in [5.74, 6) is 1.55. The Bertz CT molecular complexity index is 1640. The van der Waals surface area contributed by atoms with Gasteiger partial charge in [-0.2, -0.15) is 0 Å². The van der Waals surface area contributed by atoms with Gasteiger partial charge in [-0.1, -0.05) is 82.8 Å². The maximum Gasteiger partial charge on any atom is 0.241 e. The summed E-state index contributed by atoms with van der Waals surface area (Å²) in [4.78, 5) is 21.3. The van der Waals surface area contributed by atoms with Gasteiger partial charge in [-0.25, -0.2) is 4.57 Å². The van der Waals surface area contributed by atoms with Crippen LogP contribution < -0.4 is 25.0 Å². The van der Waals surface area contributed by atoms with Gasteiger partial charge in [0.15, 0.2) is 25.2 Å². The van der Waals surface area contributed by atoms with Gasteiger partial charge in [-0.05, 0) is 78.3 Å². The number of allylic oxidation sites excluding steroid dienone is 4. The summed E-state index contributed by atoms with van der Waals surface area (Å²) >= 11 is 0. The first-order chi connectivity index (χ1) is 25.6. The van der Waals surface area contributed by atoms with Gasteiger partial charge in [-0.3, -0.25) is 15.1 Å². The Morgan fingerprint density at radius 2 is 1.35 bits per heavy atom. The van der Waals surface area contributed by atoms with Gasteiger partial charge in [-0.15, -0.1) is 0 Å². The quantitative estimate of drug-likeness (QED) is 0.0300. The Kier molecular flexibility index (Phi) is 16.6. The molecule has 3 heterocycles. The van der Waals surface area contributed by atoms with E-state index in [1.54, 1.807) is 33.9 Å². The predicted molar refractivity (Wildman–Crippen MR) is 224 cm³/mol. The Morgan fingerprint density at radius 1 is 0.808 bits per heavy atom. The van der Waals surface area contributed by atoms with Crippen LogP contribution in [0.1, 0.15) is 42.4 Å². The van der Waals surface area contributed by atoms with Crippen molar-refractivity contribution in [2.24, 2.45) is 4.99 Å². The lowest BCUT2D eigenvalue weighted by Gasteiger charge is -2.17. The minimum atomic E-state index is -0.628. The maximum absolute atomic E-state index is 12.2. The van der Waals surface area contributed by atoms with Gasteiger partial charge >= 0.3 is 0 Å². The number of aliphatic hydroxyl groups excluding tert-OH is 1. The minimum absolute atomic E-state index is 0.0904. The summed E-state index contributed by atoms with van der Waals surface area (Å²) in [6.07, 6.45) is 22.1. The van der Waals surface area contributed by atoms with Crippen LogP contribution in [-0.4, -0.2) is 80.8 Å². The molecule has 2 saturated heterocycles. The molecule has 0 radical (unpaired) electrons. The second-order valence-electron chi connectivity index (χ2n) is 12.9. The van der Waals surface area contributed by atoms with E-state index in [2.05, 4.69) is 111 Å². The number of pyridine rings is 1. The molecule has 2 aliphatic heterocycles. The second kappa shape index (κ2) is 22.1. The number of carbonyl (C=O) groups is 1. The zero-order valence-electron chi connectivity index (χ0n) is 30.1. The van der Waals surface area contributed by atoms with E-state index >= 15 is 0 Å². The number of rotatable bonds is 20. The molecule has 1 amide bonds. The first kappa shape index (κ1) is 39.1. The summed E-state index contributed by atoms with van der Waals surface area (Å²) < 4.78 is 1.98. The number of amides is 1. The van der Waals surface area contributed by atoms with Crippen LogP contribution in [0.5, 0.6) is 0 Å². The summed E-state index contributed by atoms with van der Waals surface area (Å²) in [5, 5.41) is 16.5. The molecule has 52 heavy (non-hydrogen) atoms. The molecule has 8 nitrogen and oxygen atoms in total. The lowest BCUT2D eigenvalue weighted by molar-refractivity contribution is -0.704. The highest BCUT2D eigenvalue weighted by Gasteiger charge is 2.13. The molecule has 2 aromatic carbocycles. The van der Waals surface area contributed by atoms with Crippen molar-refractivity contribution in [3.05, 3.63) is 120 Å². The molecule has 0 spiro atoms. The van der Waals surface area contributed by atoms with Gasteiger partial charge < -0.3 is 20.2 Å². The second-order valence-corrected chi connectivity index (χ2v) is 15.6. The topological polar surface area (TPSA) is 84.1 Å². The highest BCUT2D eigenvalue weighted by atomic mass is 33.1. The number of aliphatic hydroxyl groups is 1. The summed E-state index contributed by atoms with van der Waals surface area (Å²) in [6, 6.07) is 21.5. The van der Waals surface area contributed by atoms with Crippen molar-refractivity contribution in [3.63, 3.8) is 0 Å². The standard InChI is InChI=1S/C42H52N6O2S2/c1-2-35(7-8-36-11-15-39(16-12-36)47-25-3-4-26-47)19-22-43-33-41(49)44-23-31-51-52-32-24-45-42(50)34-46-29-20-38(21-30-46)10-9-37-13-17-40(18-14-37)48-27-5-6-28-48/h2,7-22,29-30,42,45,50H,1,3-6,23-28,31-34H2/p+1/b8-7+,35-19+,43-22?. The van der Waals surface area contributed by atoms with Gasteiger partial charge in [0.2, 0.25) is 5.91 Å². The van der Waals surface area contributed by atoms with Gasteiger partial charge in [0.25, 0.3) is 0 Å². The maximum atomic E-state index is 12.2. The molecule has 3 N–H and O–H groups in total. The summed E-state index contributed by atoms with van der Waals surface area (Å²) in [5.41, 5.74) is 6.96. The summed E-state index contributed by atoms with van der Waals surface area (Å²) in [6.45, 7) is 10.3. The average Bonchev–Trinajstić information content (AvgIpc) is 3.92. The summed E-state index contributed by atoms with van der Waals surface area (Å²) in [7, 11) is 3.43. The zero-order chi connectivity index (χ0) is 36.2. The molecule has 1 unspecified atom stereocenters. The van der Waals surface area contributed by atoms with Crippen LogP contribution in [0.2, 0.25) is 0 Å². The Hall–Kier alpha value is -4.09. The first-order valence-corrected chi connectivity index (χ1v) is 20.8. The van der Waals surface area contributed by atoms with E-state index in [0.717, 1.165) is 54.4 Å². The third-order valence-electron chi connectivity index (χ3n) is 8.96. The van der Waals surface area contributed by atoms with Gasteiger partial charge in [0.05, 0.1) is 0 Å². The van der Waals surface area contributed by atoms with Gasteiger partial charge in [0.1, 0.15) is 6.54 Å². The molecule has 0 saturated carbocycles. The predicted octanol–water partition coefficient (Wildman–Crippen LogP) is 6.65. The number of hydrogen-bond acceptors (Lipinski definition) is 8. The van der Waals surface area contributed by atoms with Crippen molar-refractivity contribution < 1.29 is 14.5 Å². The molecule has 10 heteroatoms. The number of benzene rings is 2. The van der Waals surface area contributed by atoms with E-state index in [0.29, 0.717) is 19.6 Å². The molecule has 5 rings (SSSR count). The SMILES string of the molecule is C=CC(/C=C/c1ccc(N2CCCC2)cc1)=C\C=NCC(=O)NCCSSCCNC(O)C[n+]1ccc(/C=C/c2ccc(N3CCCC3)cc2)cc1. The fourth-order valence-corrected chi connectivity index (χ4v) is 7.86. The fraction of sp³-hybridized carbons (Fsp3) is 0.357. The Labute approximate surface area is 317 Å². The Balaban J connectivity index is 0.876. The lowest BCUT2D eigenvalue weighted by atomic mass is 10.1. The highest BCUT2D eigenvalue weighted by molar-refractivity contribution is 8.76. The molecule has 0 aliphatic carbocycles.